The normalized spacial score (nSPS) is 16.3. The molecule has 1 aromatic carbocycles. The third-order valence-electron chi connectivity index (χ3n) is 7.11. The van der Waals surface area contributed by atoms with Crippen molar-refractivity contribution < 1.29 is 18.3 Å². The molecule has 1 atom stereocenters. The molecule has 1 heterocycles. The van der Waals surface area contributed by atoms with Crippen molar-refractivity contribution in [2.45, 2.75) is 122 Å². The summed E-state index contributed by atoms with van der Waals surface area (Å²) in [5, 5.41) is 16.9. The maximum absolute atomic E-state index is 13.4. The number of hydrogen-bond donors (Lipinski definition) is 3. The van der Waals surface area contributed by atoms with E-state index in [1.54, 1.807) is 12.1 Å². The number of carbonyl (C=O) groups is 1. The maximum Gasteiger partial charge on any atom is 0.291 e. The molecule has 0 spiro atoms. The molecule has 1 aliphatic rings. The van der Waals surface area contributed by atoms with Gasteiger partial charge in [0.1, 0.15) is 0 Å². The van der Waals surface area contributed by atoms with Gasteiger partial charge in [-0.3, -0.25) is 4.79 Å². The summed E-state index contributed by atoms with van der Waals surface area (Å²) in [6.45, 7) is 14.0. The molecule has 3 rings (SSSR count). The molecule has 2 aromatic rings. The van der Waals surface area contributed by atoms with Crippen LogP contribution in [-0.4, -0.2) is 52.4 Å². The van der Waals surface area contributed by atoms with Crippen LogP contribution in [0.4, 0.5) is 0 Å². The van der Waals surface area contributed by atoms with Gasteiger partial charge < -0.3 is 10.4 Å². The summed E-state index contributed by atoms with van der Waals surface area (Å²) in [6, 6.07) is 5.11. The van der Waals surface area contributed by atoms with Crippen LogP contribution >= 0.6 is 0 Å². The minimum Gasteiger partial charge on any atom is -0.396 e. The molecule has 10 heteroatoms. The second-order valence-electron chi connectivity index (χ2n) is 12.9. The lowest BCUT2D eigenvalue weighted by molar-refractivity contribution is 0.0918. The molecule has 39 heavy (non-hydrogen) atoms. The first-order chi connectivity index (χ1) is 18.1. The van der Waals surface area contributed by atoms with E-state index < -0.39 is 21.0 Å². The van der Waals surface area contributed by atoms with Gasteiger partial charge in [-0.15, -0.1) is 5.10 Å². The highest BCUT2D eigenvalue weighted by Gasteiger charge is 2.30. The number of aliphatic hydroxyl groups is 1. The predicted molar refractivity (Wildman–Crippen MR) is 154 cm³/mol. The highest BCUT2D eigenvalue weighted by Crippen LogP contribution is 2.34. The molecular formula is C29H47N5O4S. The zero-order chi connectivity index (χ0) is 29.0. The van der Waals surface area contributed by atoms with Gasteiger partial charge in [-0.25, -0.2) is 22.8 Å². The van der Waals surface area contributed by atoms with Crippen molar-refractivity contribution in [3.8, 4) is 11.4 Å². The fraction of sp³-hybridized carbons (Fsp3) is 0.690. The monoisotopic (exact) mass is 561 g/mol. The Balaban J connectivity index is 2.09. The summed E-state index contributed by atoms with van der Waals surface area (Å²) in [7, 11) is -3.77. The van der Waals surface area contributed by atoms with Crippen molar-refractivity contribution in [3.63, 3.8) is 0 Å². The van der Waals surface area contributed by atoms with Crippen LogP contribution in [0.15, 0.2) is 23.1 Å². The van der Waals surface area contributed by atoms with Crippen LogP contribution in [0.25, 0.3) is 11.4 Å². The van der Waals surface area contributed by atoms with E-state index in [4.69, 9.17) is 0 Å². The first kappa shape index (κ1) is 31.2. The molecular weight excluding hydrogens is 514 g/mol. The summed E-state index contributed by atoms with van der Waals surface area (Å²) in [4.78, 5) is 18.0. The fourth-order valence-corrected chi connectivity index (χ4v) is 6.94. The summed E-state index contributed by atoms with van der Waals surface area (Å²) in [5.41, 5.74) is 0.301. The highest BCUT2D eigenvalue weighted by molar-refractivity contribution is 7.89. The van der Waals surface area contributed by atoms with E-state index in [-0.39, 0.29) is 29.3 Å². The second kappa shape index (κ2) is 12.5. The third-order valence-corrected chi connectivity index (χ3v) is 8.93. The smallest absolute Gasteiger partial charge is 0.291 e. The second-order valence-corrected chi connectivity index (χ2v) is 14.5. The lowest BCUT2D eigenvalue weighted by atomic mass is 9.86. The van der Waals surface area contributed by atoms with Crippen molar-refractivity contribution in [1.82, 2.24) is 24.8 Å². The van der Waals surface area contributed by atoms with Crippen LogP contribution < -0.4 is 10.0 Å². The molecule has 1 saturated carbocycles. The zero-order valence-electron chi connectivity index (χ0n) is 24.7. The summed E-state index contributed by atoms with van der Waals surface area (Å²) < 4.78 is 31.3. The van der Waals surface area contributed by atoms with Gasteiger partial charge in [-0.2, -0.15) is 0 Å². The third kappa shape index (κ3) is 8.35. The molecule has 1 fully saturated rings. The molecule has 1 aromatic heterocycles. The van der Waals surface area contributed by atoms with Crippen LogP contribution in [0.3, 0.4) is 0 Å². The molecule has 1 aliphatic carbocycles. The van der Waals surface area contributed by atoms with E-state index in [0.29, 0.717) is 36.7 Å². The molecule has 3 N–H and O–H groups in total. The molecule has 1 amide bonds. The van der Waals surface area contributed by atoms with E-state index in [9.17, 15) is 18.3 Å². The van der Waals surface area contributed by atoms with Gasteiger partial charge >= 0.3 is 0 Å². The van der Waals surface area contributed by atoms with Crippen LogP contribution in [0.5, 0.6) is 0 Å². The number of nitrogens with one attached hydrogen (secondary N) is 2. The quantitative estimate of drug-likeness (QED) is 0.383. The fourth-order valence-electron chi connectivity index (χ4n) is 5.13. The number of amides is 1. The Labute approximate surface area is 234 Å². The SMILES string of the molecule is CCC(CCO)NC(=O)c1nc(-c2ccc(S(=O)(=O)NC(C)(C)C)c(C(C)(C)C)c2)n(CC2CCCCC2)n1. The average Bonchev–Trinajstić information content (AvgIpc) is 3.26. The molecule has 9 nitrogen and oxygen atoms in total. The van der Waals surface area contributed by atoms with Gasteiger partial charge in [-0.05, 0) is 81.5 Å². The minimum absolute atomic E-state index is 0.0114. The van der Waals surface area contributed by atoms with Gasteiger partial charge in [0, 0.05) is 30.3 Å². The highest BCUT2D eigenvalue weighted by atomic mass is 32.2. The minimum atomic E-state index is -3.77. The first-order valence-electron chi connectivity index (χ1n) is 14.2. The van der Waals surface area contributed by atoms with Gasteiger partial charge in [0.25, 0.3) is 5.91 Å². The Morgan fingerprint density at radius 2 is 1.79 bits per heavy atom. The van der Waals surface area contributed by atoms with Gasteiger partial charge in [0.2, 0.25) is 15.8 Å². The van der Waals surface area contributed by atoms with Crippen LogP contribution in [0, 0.1) is 5.92 Å². The average molecular weight is 562 g/mol. The molecule has 0 aliphatic heterocycles. The Morgan fingerprint density at radius 1 is 1.13 bits per heavy atom. The number of aliphatic hydroxyl groups excluding tert-OH is 1. The lowest BCUT2D eigenvalue weighted by Crippen LogP contribution is -2.41. The van der Waals surface area contributed by atoms with Crippen LogP contribution in [-0.2, 0) is 22.0 Å². The lowest BCUT2D eigenvalue weighted by Gasteiger charge is -2.27. The first-order valence-corrected chi connectivity index (χ1v) is 15.7. The number of rotatable bonds is 10. The molecule has 0 bridgehead atoms. The van der Waals surface area contributed by atoms with Gasteiger partial charge in [0.15, 0.2) is 5.82 Å². The number of carbonyl (C=O) groups excluding carboxylic acids is 1. The Bertz CT molecular complexity index is 1240. The number of aromatic nitrogens is 3. The standard InChI is InChI=1S/C29H47N5O4S/c1-8-22(16-17-35)30-27(36)25-31-26(34(32-25)19-20-12-10-9-11-13-20)21-14-15-24(23(18-21)28(2,3)4)39(37,38)33-29(5,6)7/h14-15,18,20,22,33,35H,8-13,16-17,19H2,1-7H3,(H,30,36). The Morgan fingerprint density at radius 3 is 2.36 bits per heavy atom. The van der Waals surface area contributed by atoms with Crippen LogP contribution in [0.2, 0.25) is 0 Å². The predicted octanol–water partition coefficient (Wildman–Crippen LogP) is 4.79. The maximum atomic E-state index is 13.4. The largest absolute Gasteiger partial charge is 0.396 e. The van der Waals surface area contributed by atoms with E-state index in [1.807, 2.05) is 59.2 Å². The van der Waals surface area contributed by atoms with Gasteiger partial charge in [0.05, 0.1) is 4.90 Å². The number of nitrogens with zero attached hydrogens (tertiary/aromatic N) is 3. The Hall–Kier alpha value is -2.30. The topological polar surface area (TPSA) is 126 Å². The molecule has 0 saturated heterocycles. The van der Waals surface area contributed by atoms with Crippen molar-refractivity contribution in [2.24, 2.45) is 5.92 Å². The van der Waals surface area contributed by atoms with E-state index in [1.165, 1.54) is 19.3 Å². The molecule has 0 radical (unpaired) electrons. The Kier molecular flexibility index (Phi) is 9.99. The van der Waals surface area contributed by atoms with E-state index in [2.05, 4.69) is 20.1 Å². The van der Waals surface area contributed by atoms with Crippen molar-refractivity contribution >= 4 is 15.9 Å². The van der Waals surface area contributed by atoms with E-state index >= 15 is 0 Å². The number of hydrogen-bond acceptors (Lipinski definition) is 6. The van der Waals surface area contributed by atoms with Gasteiger partial charge in [-0.1, -0.05) is 47.0 Å². The molecule has 218 valence electrons. The zero-order valence-corrected chi connectivity index (χ0v) is 25.5. The van der Waals surface area contributed by atoms with Crippen LogP contribution in [0.1, 0.15) is 110 Å². The summed E-state index contributed by atoms with van der Waals surface area (Å²) in [6.07, 6.45) is 6.98. The van der Waals surface area contributed by atoms with Crippen molar-refractivity contribution in [2.75, 3.05) is 6.61 Å². The van der Waals surface area contributed by atoms with Crippen molar-refractivity contribution in [3.05, 3.63) is 29.6 Å². The summed E-state index contributed by atoms with van der Waals surface area (Å²) in [5.74, 6) is 0.717. The number of sulfonamides is 1. The molecule has 1 unspecified atom stereocenters. The van der Waals surface area contributed by atoms with Crippen molar-refractivity contribution in [1.29, 1.82) is 0 Å². The van der Waals surface area contributed by atoms with E-state index in [0.717, 1.165) is 18.4 Å². The number of benzene rings is 1. The summed E-state index contributed by atoms with van der Waals surface area (Å²) >= 11 is 0.